The van der Waals surface area contributed by atoms with Crippen molar-refractivity contribution in [2.75, 3.05) is 19.7 Å². The number of nitrogens with zero attached hydrogens (tertiary/aromatic N) is 1. The first-order valence-corrected chi connectivity index (χ1v) is 6.59. The second-order valence-corrected chi connectivity index (χ2v) is 6.45. The molecule has 0 aromatic heterocycles. The Morgan fingerprint density at radius 3 is 2.69 bits per heavy atom. The number of aliphatic hydroxyl groups excluding tert-OH is 1. The number of halogens is 1. The summed E-state index contributed by atoms with van der Waals surface area (Å²) in [5, 5.41) is 9.20. The summed E-state index contributed by atoms with van der Waals surface area (Å²) in [6, 6.07) is 10.6. The van der Waals surface area contributed by atoms with Crippen molar-refractivity contribution in [2.45, 2.75) is 10.9 Å². The number of piperidine rings is 1. The predicted molar refractivity (Wildman–Crippen MR) is 67.4 cm³/mol. The standard InChI is InChI=1S/C13H16BrNO/c14-13-9-15(7-11(13)12(13)8-16)6-10-4-2-1-3-5-10/h1-5,11-12,16H,6-9H2. The van der Waals surface area contributed by atoms with Crippen molar-refractivity contribution < 1.29 is 5.11 Å². The molecule has 86 valence electrons. The van der Waals surface area contributed by atoms with Gasteiger partial charge in [0.1, 0.15) is 0 Å². The molecule has 1 heterocycles. The minimum Gasteiger partial charge on any atom is -0.396 e. The summed E-state index contributed by atoms with van der Waals surface area (Å²) in [5.74, 6) is 1.14. The van der Waals surface area contributed by atoms with Crippen molar-refractivity contribution in [2.24, 2.45) is 11.8 Å². The predicted octanol–water partition coefficient (Wildman–Crippen LogP) is 1.87. The topological polar surface area (TPSA) is 23.5 Å². The van der Waals surface area contributed by atoms with Gasteiger partial charge in [-0.25, -0.2) is 0 Å². The molecule has 3 atom stereocenters. The zero-order chi connectivity index (χ0) is 11.2. The average Bonchev–Trinajstić information content (AvgIpc) is 2.67. The lowest BCUT2D eigenvalue weighted by molar-refractivity contribution is 0.222. The van der Waals surface area contributed by atoms with Crippen LogP contribution in [0.5, 0.6) is 0 Å². The minimum absolute atomic E-state index is 0.219. The van der Waals surface area contributed by atoms with Crippen LogP contribution in [-0.4, -0.2) is 34.0 Å². The highest BCUT2D eigenvalue weighted by molar-refractivity contribution is 9.10. The summed E-state index contributed by atoms with van der Waals surface area (Å²) in [5.41, 5.74) is 1.38. The Kier molecular flexibility index (Phi) is 2.57. The Morgan fingerprint density at radius 1 is 1.38 bits per heavy atom. The van der Waals surface area contributed by atoms with Crippen molar-refractivity contribution in [1.82, 2.24) is 4.90 Å². The number of aliphatic hydroxyl groups is 1. The molecule has 3 rings (SSSR count). The SMILES string of the molecule is OCC1C2CN(Cc3ccccc3)CC12Br. The first-order valence-electron chi connectivity index (χ1n) is 5.80. The number of hydrogen-bond acceptors (Lipinski definition) is 2. The normalized spacial score (nSPS) is 37.4. The number of hydrogen-bond donors (Lipinski definition) is 1. The first-order chi connectivity index (χ1) is 7.74. The van der Waals surface area contributed by atoms with Crippen LogP contribution in [0.1, 0.15) is 5.56 Å². The summed E-state index contributed by atoms with van der Waals surface area (Å²) in [4.78, 5) is 2.47. The lowest BCUT2D eigenvalue weighted by Crippen LogP contribution is -2.28. The molecule has 1 aliphatic carbocycles. The molecule has 0 bridgehead atoms. The molecule has 1 aromatic carbocycles. The fraction of sp³-hybridized carbons (Fsp3) is 0.538. The first kappa shape index (κ1) is 10.8. The van der Waals surface area contributed by atoms with Gasteiger partial charge in [-0.2, -0.15) is 0 Å². The van der Waals surface area contributed by atoms with Crippen LogP contribution in [0.25, 0.3) is 0 Å². The van der Waals surface area contributed by atoms with Gasteiger partial charge in [0.05, 0.1) is 0 Å². The van der Waals surface area contributed by atoms with Crippen LogP contribution >= 0.6 is 15.9 Å². The third-order valence-electron chi connectivity index (χ3n) is 3.98. The zero-order valence-corrected chi connectivity index (χ0v) is 10.7. The monoisotopic (exact) mass is 281 g/mol. The van der Waals surface area contributed by atoms with Crippen molar-refractivity contribution in [1.29, 1.82) is 0 Å². The highest BCUT2D eigenvalue weighted by Gasteiger charge is 2.66. The van der Waals surface area contributed by atoms with E-state index in [-0.39, 0.29) is 4.32 Å². The summed E-state index contributed by atoms with van der Waals surface area (Å²) < 4.78 is 0.219. The fourth-order valence-electron chi connectivity index (χ4n) is 3.01. The van der Waals surface area contributed by atoms with E-state index < -0.39 is 0 Å². The fourth-order valence-corrected chi connectivity index (χ4v) is 4.16. The quantitative estimate of drug-likeness (QED) is 0.856. The molecular formula is C13H16BrNO. The Balaban J connectivity index is 1.62. The van der Waals surface area contributed by atoms with Gasteiger partial charge in [0.2, 0.25) is 0 Å². The van der Waals surface area contributed by atoms with E-state index in [0.29, 0.717) is 18.4 Å². The Bertz CT molecular complexity index is 383. The molecule has 3 heteroatoms. The number of alkyl halides is 1. The second-order valence-electron chi connectivity index (χ2n) is 4.98. The third-order valence-corrected chi connectivity index (χ3v) is 5.40. The molecule has 16 heavy (non-hydrogen) atoms. The average molecular weight is 282 g/mol. The number of fused-ring (bicyclic) bond motifs is 1. The van der Waals surface area contributed by atoms with E-state index in [1.165, 1.54) is 5.56 Å². The van der Waals surface area contributed by atoms with Gasteiger partial charge in [-0.05, 0) is 11.5 Å². The van der Waals surface area contributed by atoms with Gasteiger partial charge in [-0.3, -0.25) is 4.90 Å². The van der Waals surface area contributed by atoms with E-state index in [4.69, 9.17) is 0 Å². The molecular weight excluding hydrogens is 266 g/mol. The Hall–Kier alpha value is -0.380. The van der Waals surface area contributed by atoms with Crippen LogP contribution < -0.4 is 0 Å². The maximum Gasteiger partial charge on any atom is 0.0482 e. The van der Waals surface area contributed by atoms with Crippen LogP contribution in [-0.2, 0) is 6.54 Å². The second kappa shape index (κ2) is 3.83. The highest BCUT2D eigenvalue weighted by Crippen LogP contribution is 2.61. The van der Waals surface area contributed by atoms with E-state index in [9.17, 15) is 5.11 Å². The van der Waals surface area contributed by atoms with Crippen molar-refractivity contribution in [3.63, 3.8) is 0 Å². The summed E-state index contributed by atoms with van der Waals surface area (Å²) in [7, 11) is 0. The van der Waals surface area contributed by atoms with Gasteiger partial charge in [0.25, 0.3) is 0 Å². The molecule has 2 fully saturated rings. The highest BCUT2D eigenvalue weighted by atomic mass is 79.9. The van der Waals surface area contributed by atoms with Crippen LogP contribution in [0, 0.1) is 11.8 Å². The largest absolute Gasteiger partial charge is 0.396 e. The van der Waals surface area contributed by atoms with Gasteiger partial charge in [-0.1, -0.05) is 46.3 Å². The van der Waals surface area contributed by atoms with Gasteiger partial charge in [0.15, 0.2) is 0 Å². The molecule has 2 nitrogen and oxygen atoms in total. The maximum atomic E-state index is 9.20. The van der Waals surface area contributed by atoms with E-state index in [1.807, 2.05) is 0 Å². The van der Waals surface area contributed by atoms with Crippen molar-refractivity contribution in [3.8, 4) is 0 Å². The van der Waals surface area contributed by atoms with Crippen LogP contribution in [0.15, 0.2) is 30.3 Å². The van der Waals surface area contributed by atoms with E-state index in [0.717, 1.165) is 19.6 Å². The lowest BCUT2D eigenvalue weighted by atomic mass is 10.2. The molecule has 1 aromatic rings. The summed E-state index contributed by atoms with van der Waals surface area (Å²) in [6.07, 6.45) is 0. The molecule has 1 N–H and O–H groups in total. The molecule has 0 radical (unpaired) electrons. The van der Waals surface area contributed by atoms with Crippen LogP contribution in [0.4, 0.5) is 0 Å². The van der Waals surface area contributed by atoms with E-state index in [1.54, 1.807) is 0 Å². The Morgan fingerprint density at radius 2 is 2.12 bits per heavy atom. The molecule has 2 aliphatic rings. The number of rotatable bonds is 3. The Labute approximate surface area is 104 Å². The van der Waals surface area contributed by atoms with Crippen molar-refractivity contribution >= 4 is 15.9 Å². The molecule has 1 aliphatic heterocycles. The van der Waals surface area contributed by atoms with Gasteiger partial charge < -0.3 is 5.11 Å². The molecule has 1 saturated carbocycles. The van der Waals surface area contributed by atoms with E-state index in [2.05, 4.69) is 51.2 Å². The third kappa shape index (κ3) is 1.62. The number of benzene rings is 1. The molecule has 0 spiro atoms. The van der Waals surface area contributed by atoms with E-state index >= 15 is 0 Å². The molecule has 0 amide bonds. The van der Waals surface area contributed by atoms with Gasteiger partial charge in [-0.15, -0.1) is 0 Å². The molecule has 1 saturated heterocycles. The van der Waals surface area contributed by atoms with Crippen LogP contribution in [0.3, 0.4) is 0 Å². The smallest absolute Gasteiger partial charge is 0.0482 e. The van der Waals surface area contributed by atoms with Gasteiger partial charge >= 0.3 is 0 Å². The van der Waals surface area contributed by atoms with Crippen LogP contribution in [0.2, 0.25) is 0 Å². The minimum atomic E-state index is 0.219. The maximum absolute atomic E-state index is 9.20. The molecule has 3 unspecified atom stereocenters. The summed E-state index contributed by atoms with van der Waals surface area (Å²) >= 11 is 3.80. The summed E-state index contributed by atoms with van der Waals surface area (Å²) in [6.45, 7) is 3.54. The van der Waals surface area contributed by atoms with Crippen molar-refractivity contribution in [3.05, 3.63) is 35.9 Å². The lowest BCUT2D eigenvalue weighted by Gasteiger charge is -2.20. The zero-order valence-electron chi connectivity index (χ0n) is 9.14. The number of likely N-dealkylation sites (tertiary alicyclic amines) is 1. The van der Waals surface area contributed by atoms with Gasteiger partial charge in [0, 0.05) is 36.5 Å².